The van der Waals surface area contributed by atoms with Crippen molar-refractivity contribution in [2.75, 3.05) is 32.7 Å². The molecule has 0 bridgehead atoms. The van der Waals surface area contributed by atoms with Crippen molar-refractivity contribution in [3.63, 3.8) is 0 Å². The van der Waals surface area contributed by atoms with Crippen molar-refractivity contribution in [1.29, 1.82) is 0 Å². The predicted octanol–water partition coefficient (Wildman–Crippen LogP) is 2.58. The second kappa shape index (κ2) is 7.34. The van der Waals surface area contributed by atoms with Crippen LogP contribution in [0.1, 0.15) is 37.5 Å². The van der Waals surface area contributed by atoms with Crippen LogP contribution in [0.4, 0.5) is 4.39 Å². The summed E-state index contributed by atoms with van der Waals surface area (Å²) in [5.74, 6) is -0.239. The van der Waals surface area contributed by atoms with Crippen LogP contribution in [0.5, 0.6) is 0 Å². The van der Waals surface area contributed by atoms with E-state index in [1.807, 2.05) is 6.07 Å². The van der Waals surface area contributed by atoms with Gasteiger partial charge in [0.2, 0.25) is 0 Å². The maximum Gasteiger partial charge on any atom is 0.126 e. The van der Waals surface area contributed by atoms with Crippen LogP contribution in [-0.4, -0.2) is 53.7 Å². The number of benzene rings is 1. The van der Waals surface area contributed by atoms with Crippen molar-refractivity contribution >= 4 is 0 Å². The second-order valence-electron chi connectivity index (χ2n) is 6.09. The Morgan fingerprint density at radius 1 is 1.38 bits per heavy atom. The lowest BCUT2D eigenvalue weighted by molar-refractivity contribution is 0.0718. The summed E-state index contributed by atoms with van der Waals surface area (Å²) in [6.45, 7) is 11.3. The topological polar surface area (TPSA) is 26.7 Å². The van der Waals surface area contributed by atoms with E-state index in [0.29, 0.717) is 23.6 Å². The number of hydrogen-bond donors (Lipinski definition) is 1. The van der Waals surface area contributed by atoms with Gasteiger partial charge in [0.15, 0.2) is 0 Å². The van der Waals surface area contributed by atoms with Gasteiger partial charge in [0.05, 0.1) is 6.10 Å². The van der Waals surface area contributed by atoms with Gasteiger partial charge in [-0.25, -0.2) is 4.39 Å². The van der Waals surface area contributed by atoms with Gasteiger partial charge in [0.1, 0.15) is 5.82 Å². The summed E-state index contributed by atoms with van der Waals surface area (Å²) in [4.78, 5) is 4.87. The summed E-state index contributed by atoms with van der Waals surface area (Å²) >= 11 is 0. The molecule has 1 fully saturated rings. The van der Waals surface area contributed by atoms with Gasteiger partial charge in [0.25, 0.3) is 0 Å². The fraction of sp³-hybridized carbons (Fsp3) is 0.647. The molecule has 0 spiro atoms. The third-order valence-electron chi connectivity index (χ3n) is 4.55. The van der Waals surface area contributed by atoms with E-state index >= 15 is 0 Å². The van der Waals surface area contributed by atoms with Gasteiger partial charge in [-0.15, -0.1) is 0 Å². The molecule has 0 saturated carbocycles. The number of halogens is 1. The van der Waals surface area contributed by atoms with Crippen LogP contribution in [0.2, 0.25) is 0 Å². The van der Waals surface area contributed by atoms with Gasteiger partial charge in [-0.3, -0.25) is 4.90 Å². The van der Waals surface area contributed by atoms with E-state index in [-0.39, 0.29) is 5.82 Å². The molecule has 21 heavy (non-hydrogen) atoms. The molecule has 3 nitrogen and oxygen atoms in total. The van der Waals surface area contributed by atoms with Gasteiger partial charge >= 0.3 is 0 Å². The molecule has 1 aliphatic rings. The van der Waals surface area contributed by atoms with Crippen molar-refractivity contribution in [3.05, 3.63) is 35.1 Å². The molecule has 1 saturated heterocycles. The summed E-state index contributed by atoms with van der Waals surface area (Å²) in [5, 5.41) is 10.2. The first-order chi connectivity index (χ1) is 10.0. The molecule has 1 aromatic rings. The predicted molar refractivity (Wildman–Crippen MR) is 83.9 cm³/mol. The number of nitrogens with zero attached hydrogens (tertiary/aromatic N) is 2. The highest BCUT2D eigenvalue weighted by atomic mass is 19.1. The largest absolute Gasteiger partial charge is 0.388 e. The molecule has 118 valence electrons. The number of aliphatic hydroxyl groups is 1. The van der Waals surface area contributed by atoms with E-state index in [1.54, 1.807) is 13.0 Å². The van der Waals surface area contributed by atoms with Gasteiger partial charge in [-0.05, 0) is 44.0 Å². The third-order valence-corrected chi connectivity index (χ3v) is 4.55. The van der Waals surface area contributed by atoms with Crippen molar-refractivity contribution in [2.45, 2.75) is 39.3 Å². The van der Waals surface area contributed by atoms with Gasteiger partial charge in [-0.1, -0.05) is 19.1 Å². The minimum absolute atomic E-state index is 0.239. The molecule has 1 aliphatic heterocycles. The van der Waals surface area contributed by atoms with Crippen molar-refractivity contribution in [1.82, 2.24) is 9.80 Å². The smallest absolute Gasteiger partial charge is 0.126 e. The number of likely N-dealkylation sites (N-methyl/N-ethyl adjacent to an activating group) is 1. The Morgan fingerprint density at radius 3 is 2.76 bits per heavy atom. The summed E-state index contributed by atoms with van der Waals surface area (Å²) in [5.41, 5.74) is 1.30. The number of piperazine rings is 1. The Balaban J connectivity index is 1.84. The molecule has 0 aliphatic carbocycles. The van der Waals surface area contributed by atoms with Crippen LogP contribution >= 0.6 is 0 Å². The number of aryl methyl sites for hydroxylation is 1. The van der Waals surface area contributed by atoms with Gasteiger partial charge in [0, 0.05) is 32.2 Å². The van der Waals surface area contributed by atoms with E-state index in [9.17, 15) is 9.50 Å². The molecule has 2 unspecified atom stereocenters. The Morgan fingerprint density at radius 2 is 2.14 bits per heavy atom. The molecule has 2 atom stereocenters. The van der Waals surface area contributed by atoms with Crippen LogP contribution in [0.3, 0.4) is 0 Å². The lowest BCUT2D eigenvalue weighted by Crippen LogP contribution is -2.51. The SMILES string of the molecule is CCN1CCN(CCC(O)c2ccc(C)c(F)c2)CC1C. The molecular formula is C17H27FN2O. The fourth-order valence-electron chi connectivity index (χ4n) is 3.03. The Kier molecular flexibility index (Phi) is 5.73. The summed E-state index contributed by atoms with van der Waals surface area (Å²) < 4.78 is 13.5. The molecular weight excluding hydrogens is 267 g/mol. The molecule has 1 N–H and O–H groups in total. The zero-order valence-electron chi connectivity index (χ0n) is 13.3. The van der Waals surface area contributed by atoms with Crippen molar-refractivity contribution in [3.8, 4) is 0 Å². The zero-order chi connectivity index (χ0) is 15.4. The fourth-order valence-corrected chi connectivity index (χ4v) is 3.03. The van der Waals surface area contributed by atoms with Crippen LogP contribution < -0.4 is 0 Å². The second-order valence-corrected chi connectivity index (χ2v) is 6.09. The molecule has 4 heteroatoms. The average molecular weight is 294 g/mol. The molecule has 1 aromatic carbocycles. The first kappa shape index (κ1) is 16.4. The van der Waals surface area contributed by atoms with E-state index in [0.717, 1.165) is 32.7 Å². The number of aliphatic hydroxyl groups excluding tert-OH is 1. The van der Waals surface area contributed by atoms with Crippen LogP contribution in [0.25, 0.3) is 0 Å². The summed E-state index contributed by atoms with van der Waals surface area (Å²) in [7, 11) is 0. The van der Waals surface area contributed by atoms with Crippen molar-refractivity contribution in [2.24, 2.45) is 0 Å². The molecule has 0 amide bonds. The normalized spacial score (nSPS) is 22.4. The van der Waals surface area contributed by atoms with E-state index in [1.165, 1.54) is 6.07 Å². The molecule has 0 aromatic heterocycles. The highest BCUT2D eigenvalue weighted by Crippen LogP contribution is 2.20. The number of hydrogen-bond acceptors (Lipinski definition) is 3. The van der Waals surface area contributed by atoms with Crippen LogP contribution in [-0.2, 0) is 0 Å². The Labute approximate surface area is 127 Å². The molecule has 0 radical (unpaired) electrons. The number of rotatable bonds is 5. The monoisotopic (exact) mass is 294 g/mol. The lowest BCUT2D eigenvalue weighted by Gasteiger charge is -2.39. The Hall–Kier alpha value is -0.970. The van der Waals surface area contributed by atoms with Crippen LogP contribution in [0, 0.1) is 12.7 Å². The maximum atomic E-state index is 13.5. The van der Waals surface area contributed by atoms with E-state index in [2.05, 4.69) is 23.6 Å². The minimum atomic E-state index is -0.584. The summed E-state index contributed by atoms with van der Waals surface area (Å²) in [6.07, 6.45) is 0.0704. The Bertz CT molecular complexity index is 466. The maximum absolute atomic E-state index is 13.5. The van der Waals surface area contributed by atoms with Gasteiger partial charge in [-0.2, -0.15) is 0 Å². The third kappa shape index (κ3) is 4.25. The minimum Gasteiger partial charge on any atom is -0.388 e. The average Bonchev–Trinajstić information content (AvgIpc) is 2.47. The quantitative estimate of drug-likeness (QED) is 0.904. The first-order valence-corrected chi connectivity index (χ1v) is 7.91. The van der Waals surface area contributed by atoms with Crippen LogP contribution in [0.15, 0.2) is 18.2 Å². The highest BCUT2D eigenvalue weighted by molar-refractivity contribution is 5.24. The van der Waals surface area contributed by atoms with E-state index < -0.39 is 6.10 Å². The van der Waals surface area contributed by atoms with Gasteiger partial charge < -0.3 is 10.0 Å². The first-order valence-electron chi connectivity index (χ1n) is 7.91. The van der Waals surface area contributed by atoms with Crippen molar-refractivity contribution < 1.29 is 9.50 Å². The standard InChI is InChI=1S/C17H27FN2O/c1-4-20-10-9-19(12-14(20)3)8-7-17(21)15-6-5-13(2)16(18)11-15/h5-6,11,14,17,21H,4,7-10,12H2,1-3H3. The summed E-state index contributed by atoms with van der Waals surface area (Å²) in [6, 6.07) is 5.58. The highest BCUT2D eigenvalue weighted by Gasteiger charge is 2.22. The zero-order valence-corrected chi connectivity index (χ0v) is 13.3. The molecule has 2 rings (SSSR count). The van der Waals surface area contributed by atoms with E-state index in [4.69, 9.17) is 0 Å². The molecule has 1 heterocycles. The lowest BCUT2D eigenvalue weighted by atomic mass is 10.0.